The van der Waals surface area contributed by atoms with E-state index in [0.717, 1.165) is 11.3 Å². The molecule has 0 spiro atoms. The van der Waals surface area contributed by atoms with E-state index in [9.17, 15) is 4.79 Å². The Morgan fingerprint density at radius 1 is 1.25 bits per heavy atom. The largest absolute Gasteiger partial charge is 0.383 e. The molecule has 16 heavy (non-hydrogen) atoms. The van der Waals surface area contributed by atoms with Crippen molar-refractivity contribution in [1.29, 1.82) is 0 Å². The number of nitrogens with one attached hydrogen (secondary N) is 1. The molecule has 1 atom stereocenters. The normalized spacial score (nSPS) is 12.6. The first-order chi connectivity index (χ1) is 7.49. The van der Waals surface area contributed by atoms with Crippen LogP contribution in [0.5, 0.6) is 0 Å². The van der Waals surface area contributed by atoms with E-state index in [2.05, 4.69) is 31.8 Å². The Kier molecular flexibility index (Phi) is 4.87. The van der Waals surface area contributed by atoms with Crippen molar-refractivity contribution < 1.29 is 4.79 Å². The molecule has 0 aliphatic heterocycles. The van der Waals surface area contributed by atoms with E-state index in [-0.39, 0.29) is 11.0 Å². The van der Waals surface area contributed by atoms with E-state index in [4.69, 9.17) is 0 Å². The molecular formula is C13H19NOS. The molecule has 1 aromatic carbocycles. The molecule has 0 aromatic heterocycles. The van der Waals surface area contributed by atoms with Gasteiger partial charge in [-0.15, -0.1) is 0 Å². The molecule has 0 amide bonds. The summed E-state index contributed by atoms with van der Waals surface area (Å²) in [4.78, 5) is 11.5. The zero-order valence-corrected chi connectivity index (χ0v) is 10.9. The maximum atomic E-state index is 11.5. The van der Waals surface area contributed by atoms with E-state index >= 15 is 0 Å². The molecule has 0 radical (unpaired) electrons. The second-order valence-corrected chi connectivity index (χ2v) is 5.09. The van der Waals surface area contributed by atoms with Crippen LogP contribution in [0.4, 0.5) is 5.69 Å². The summed E-state index contributed by atoms with van der Waals surface area (Å²) in [5.74, 6) is 0.160. The third kappa shape index (κ3) is 4.27. The first kappa shape index (κ1) is 13.1. The van der Waals surface area contributed by atoms with Crippen LogP contribution in [0.1, 0.15) is 26.3 Å². The average Bonchev–Trinajstić information content (AvgIpc) is 2.20. The van der Waals surface area contributed by atoms with Gasteiger partial charge in [0.1, 0.15) is 5.78 Å². The molecule has 0 aliphatic rings. The molecule has 0 heterocycles. The van der Waals surface area contributed by atoms with Gasteiger partial charge >= 0.3 is 0 Å². The summed E-state index contributed by atoms with van der Waals surface area (Å²) < 4.78 is 0. The van der Waals surface area contributed by atoms with Crippen molar-refractivity contribution in [3.63, 3.8) is 0 Å². The van der Waals surface area contributed by atoms with Crippen LogP contribution < -0.4 is 5.32 Å². The molecule has 0 saturated carbocycles. The van der Waals surface area contributed by atoms with Gasteiger partial charge in [-0.1, -0.05) is 12.1 Å². The van der Waals surface area contributed by atoms with Crippen LogP contribution in [0.2, 0.25) is 0 Å². The van der Waals surface area contributed by atoms with Gasteiger partial charge in [0.15, 0.2) is 0 Å². The highest BCUT2D eigenvalue weighted by atomic mass is 32.1. The predicted molar refractivity (Wildman–Crippen MR) is 72.4 cm³/mol. The predicted octanol–water partition coefficient (Wildman–Crippen LogP) is 2.94. The minimum absolute atomic E-state index is 0.160. The summed E-state index contributed by atoms with van der Waals surface area (Å²) in [5, 5.41) is 3.12. The number of anilines is 1. The minimum Gasteiger partial charge on any atom is -0.383 e. The molecule has 1 unspecified atom stereocenters. The second kappa shape index (κ2) is 5.94. The van der Waals surface area contributed by atoms with Crippen LogP contribution in [0.3, 0.4) is 0 Å². The number of Topliss-reactive ketones (excluding diaryl/α,β-unsaturated/α-hetero) is 1. The molecule has 88 valence electrons. The number of carbonyl (C=O) groups excluding carboxylic acids is 1. The van der Waals surface area contributed by atoms with Crippen LogP contribution in [-0.2, 0) is 11.2 Å². The maximum Gasteiger partial charge on any atom is 0.149 e. The quantitative estimate of drug-likeness (QED) is 0.771. The van der Waals surface area contributed by atoms with Crippen LogP contribution in [-0.4, -0.2) is 17.1 Å². The lowest BCUT2D eigenvalue weighted by molar-refractivity contribution is -0.117. The van der Waals surface area contributed by atoms with Gasteiger partial charge in [-0.25, -0.2) is 0 Å². The molecule has 0 bridgehead atoms. The third-order valence-corrected chi connectivity index (χ3v) is 2.54. The lowest BCUT2D eigenvalue weighted by Gasteiger charge is -2.10. The molecule has 1 rings (SSSR count). The highest BCUT2D eigenvalue weighted by Gasteiger charge is 2.08. The van der Waals surface area contributed by atoms with Gasteiger partial charge in [-0.3, -0.25) is 4.79 Å². The Morgan fingerprint density at radius 2 is 1.81 bits per heavy atom. The van der Waals surface area contributed by atoms with Gasteiger partial charge in [0.25, 0.3) is 0 Å². The van der Waals surface area contributed by atoms with Gasteiger partial charge in [0.2, 0.25) is 0 Å². The first-order valence-corrected chi connectivity index (χ1v) is 6.07. The standard InChI is InChI=1S/C13H19NOS/c1-9(2)14-12-6-4-11(5-7-12)8-13(15)10(3)16/h4-7,9-10,14,16H,8H2,1-3H3. The maximum absolute atomic E-state index is 11.5. The van der Waals surface area contributed by atoms with E-state index in [0.29, 0.717) is 12.5 Å². The molecule has 2 nitrogen and oxygen atoms in total. The zero-order valence-electron chi connectivity index (χ0n) is 10.0. The molecule has 0 aliphatic carbocycles. The lowest BCUT2D eigenvalue weighted by Crippen LogP contribution is -2.13. The lowest BCUT2D eigenvalue weighted by atomic mass is 10.1. The van der Waals surface area contributed by atoms with Gasteiger partial charge in [-0.05, 0) is 38.5 Å². The summed E-state index contributed by atoms with van der Waals surface area (Å²) in [6.45, 7) is 6.00. The number of hydrogen-bond acceptors (Lipinski definition) is 3. The fourth-order valence-electron chi connectivity index (χ4n) is 1.40. The Balaban J connectivity index is 2.61. The van der Waals surface area contributed by atoms with Gasteiger partial charge < -0.3 is 5.32 Å². The SMILES string of the molecule is CC(C)Nc1ccc(CC(=O)C(C)S)cc1. The van der Waals surface area contributed by atoms with Crippen molar-refractivity contribution in [1.82, 2.24) is 0 Å². The highest BCUT2D eigenvalue weighted by Crippen LogP contribution is 2.12. The average molecular weight is 237 g/mol. The van der Waals surface area contributed by atoms with Gasteiger partial charge in [0, 0.05) is 18.2 Å². The number of ketones is 1. The Bertz CT molecular complexity index is 343. The van der Waals surface area contributed by atoms with Crippen molar-refractivity contribution in [2.24, 2.45) is 0 Å². The van der Waals surface area contributed by atoms with Crippen molar-refractivity contribution >= 4 is 24.1 Å². The fourth-order valence-corrected chi connectivity index (χ4v) is 1.49. The molecule has 3 heteroatoms. The number of carbonyl (C=O) groups is 1. The number of benzene rings is 1. The topological polar surface area (TPSA) is 29.1 Å². The first-order valence-electron chi connectivity index (χ1n) is 5.55. The van der Waals surface area contributed by atoms with Crippen LogP contribution in [0, 0.1) is 0 Å². The monoisotopic (exact) mass is 237 g/mol. The zero-order chi connectivity index (χ0) is 12.1. The third-order valence-electron chi connectivity index (χ3n) is 2.25. The van der Waals surface area contributed by atoms with E-state index in [1.165, 1.54) is 0 Å². The highest BCUT2D eigenvalue weighted by molar-refractivity contribution is 7.81. The molecular weight excluding hydrogens is 218 g/mol. The fraction of sp³-hybridized carbons (Fsp3) is 0.462. The van der Waals surface area contributed by atoms with Crippen LogP contribution >= 0.6 is 12.6 Å². The molecule has 0 saturated heterocycles. The second-order valence-electron chi connectivity index (χ2n) is 4.32. The minimum atomic E-state index is -0.187. The van der Waals surface area contributed by atoms with Crippen molar-refractivity contribution in [3.8, 4) is 0 Å². The molecule has 1 N–H and O–H groups in total. The Hall–Kier alpha value is -0.960. The molecule has 0 fully saturated rings. The Morgan fingerprint density at radius 3 is 2.25 bits per heavy atom. The summed E-state index contributed by atoms with van der Waals surface area (Å²) in [5.41, 5.74) is 2.13. The van der Waals surface area contributed by atoms with Crippen molar-refractivity contribution in [2.75, 3.05) is 5.32 Å². The molecule has 1 aromatic rings. The van der Waals surface area contributed by atoms with Gasteiger partial charge in [-0.2, -0.15) is 12.6 Å². The van der Waals surface area contributed by atoms with Crippen LogP contribution in [0.15, 0.2) is 24.3 Å². The van der Waals surface area contributed by atoms with E-state index in [1.54, 1.807) is 6.92 Å². The Labute approximate surface area is 103 Å². The van der Waals surface area contributed by atoms with Crippen molar-refractivity contribution in [2.45, 2.75) is 38.5 Å². The summed E-state index contributed by atoms with van der Waals surface area (Å²) in [7, 11) is 0. The summed E-state index contributed by atoms with van der Waals surface area (Å²) in [6.07, 6.45) is 0.465. The van der Waals surface area contributed by atoms with E-state index in [1.807, 2.05) is 24.3 Å². The van der Waals surface area contributed by atoms with Crippen molar-refractivity contribution in [3.05, 3.63) is 29.8 Å². The number of rotatable bonds is 5. The van der Waals surface area contributed by atoms with E-state index < -0.39 is 0 Å². The summed E-state index contributed by atoms with van der Waals surface area (Å²) >= 11 is 4.13. The number of hydrogen-bond donors (Lipinski definition) is 2. The van der Waals surface area contributed by atoms with Gasteiger partial charge in [0.05, 0.1) is 5.25 Å². The van der Waals surface area contributed by atoms with Crippen LogP contribution in [0.25, 0.3) is 0 Å². The smallest absolute Gasteiger partial charge is 0.149 e. The number of thiol groups is 1. The summed E-state index contributed by atoms with van der Waals surface area (Å²) in [6, 6.07) is 8.40.